The first-order chi connectivity index (χ1) is 9.11. The van der Waals surface area contributed by atoms with E-state index < -0.39 is 0 Å². The van der Waals surface area contributed by atoms with Crippen molar-refractivity contribution in [2.45, 2.75) is 19.9 Å². The van der Waals surface area contributed by atoms with Gasteiger partial charge in [-0.05, 0) is 49.2 Å². The van der Waals surface area contributed by atoms with Gasteiger partial charge in [0.2, 0.25) is 0 Å². The monoisotopic (exact) mass is 259 g/mol. The molecule has 0 amide bonds. The van der Waals surface area contributed by atoms with Crippen molar-refractivity contribution in [3.63, 3.8) is 0 Å². The average molecular weight is 259 g/mol. The van der Waals surface area contributed by atoms with E-state index in [0.29, 0.717) is 12.2 Å². The third-order valence-electron chi connectivity index (χ3n) is 2.99. The molecule has 1 unspecified atom stereocenters. The lowest BCUT2D eigenvalue weighted by atomic mass is 10.00. The van der Waals surface area contributed by atoms with Crippen LogP contribution in [-0.2, 0) is 0 Å². The van der Waals surface area contributed by atoms with Crippen LogP contribution in [-0.4, -0.2) is 6.61 Å². The van der Waals surface area contributed by atoms with E-state index in [9.17, 15) is 4.39 Å². The fourth-order valence-corrected chi connectivity index (χ4v) is 1.94. The Hall–Kier alpha value is -1.87. The predicted octanol–water partition coefficient (Wildman–Crippen LogP) is 3.91. The first-order valence-electron chi connectivity index (χ1n) is 6.40. The van der Waals surface area contributed by atoms with E-state index in [0.717, 1.165) is 16.9 Å². The van der Waals surface area contributed by atoms with Crippen LogP contribution in [0.2, 0.25) is 0 Å². The highest BCUT2D eigenvalue weighted by atomic mass is 19.1. The molecule has 1 atom stereocenters. The largest absolute Gasteiger partial charge is 0.494 e. The van der Waals surface area contributed by atoms with Gasteiger partial charge in [0, 0.05) is 11.6 Å². The van der Waals surface area contributed by atoms with E-state index in [1.54, 1.807) is 12.1 Å². The standard InChI is InChI=1S/C16H18FNO/c1-3-19-14-7-4-12(5-8-14)15-10-13(11(2)18)6-9-16(15)17/h4-11H,3,18H2,1-2H3. The minimum absolute atomic E-state index is 0.109. The molecule has 0 spiro atoms. The Labute approximate surface area is 113 Å². The van der Waals surface area contributed by atoms with E-state index in [2.05, 4.69) is 0 Å². The molecular formula is C16H18FNO. The van der Waals surface area contributed by atoms with Crippen molar-refractivity contribution in [1.82, 2.24) is 0 Å². The molecule has 2 rings (SSSR count). The summed E-state index contributed by atoms with van der Waals surface area (Å²) < 4.78 is 19.3. The zero-order chi connectivity index (χ0) is 13.8. The summed E-state index contributed by atoms with van der Waals surface area (Å²) in [7, 11) is 0. The minimum atomic E-state index is -0.242. The Kier molecular flexibility index (Phi) is 4.17. The van der Waals surface area contributed by atoms with E-state index in [4.69, 9.17) is 10.5 Å². The third kappa shape index (κ3) is 3.12. The van der Waals surface area contributed by atoms with Gasteiger partial charge in [0.25, 0.3) is 0 Å². The fraction of sp³-hybridized carbons (Fsp3) is 0.250. The third-order valence-corrected chi connectivity index (χ3v) is 2.99. The number of rotatable bonds is 4. The van der Waals surface area contributed by atoms with Gasteiger partial charge in [-0.25, -0.2) is 4.39 Å². The Morgan fingerprint density at radius 1 is 1.16 bits per heavy atom. The van der Waals surface area contributed by atoms with Crippen molar-refractivity contribution in [2.75, 3.05) is 6.61 Å². The maximum Gasteiger partial charge on any atom is 0.131 e. The van der Waals surface area contributed by atoms with E-state index in [-0.39, 0.29) is 11.9 Å². The van der Waals surface area contributed by atoms with Gasteiger partial charge in [-0.3, -0.25) is 0 Å². The van der Waals surface area contributed by atoms with Crippen LogP contribution in [0.5, 0.6) is 5.75 Å². The first-order valence-corrected chi connectivity index (χ1v) is 6.40. The number of nitrogens with two attached hydrogens (primary N) is 1. The highest BCUT2D eigenvalue weighted by Crippen LogP contribution is 2.27. The minimum Gasteiger partial charge on any atom is -0.494 e. The maximum absolute atomic E-state index is 13.9. The number of ether oxygens (including phenoxy) is 1. The summed E-state index contributed by atoms with van der Waals surface area (Å²) in [5.74, 6) is 0.545. The second-order valence-corrected chi connectivity index (χ2v) is 4.49. The van der Waals surface area contributed by atoms with Gasteiger partial charge in [-0.1, -0.05) is 18.2 Å². The molecule has 0 aromatic heterocycles. The Bertz CT molecular complexity index is 549. The second-order valence-electron chi connectivity index (χ2n) is 4.49. The van der Waals surface area contributed by atoms with Crippen molar-refractivity contribution >= 4 is 0 Å². The van der Waals surface area contributed by atoms with Gasteiger partial charge in [-0.15, -0.1) is 0 Å². The predicted molar refractivity (Wildman–Crippen MR) is 75.6 cm³/mol. The maximum atomic E-state index is 13.9. The smallest absolute Gasteiger partial charge is 0.131 e. The molecule has 0 heterocycles. The summed E-state index contributed by atoms with van der Waals surface area (Å²) in [5, 5.41) is 0. The molecule has 0 aliphatic carbocycles. The lowest BCUT2D eigenvalue weighted by Crippen LogP contribution is -2.05. The molecule has 0 aliphatic heterocycles. The van der Waals surface area contributed by atoms with Gasteiger partial charge in [0.15, 0.2) is 0 Å². The Morgan fingerprint density at radius 2 is 1.84 bits per heavy atom. The molecule has 2 aromatic carbocycles. The number of benzene rings is 2. The van der Waals surface area contributed by atoms with Gasteiger partial charge in [0.1, 0.15) is 11.6 Å². The first kappa shape index (κ1) is 13.6. The molecule has 0 fully saturated rings. The molecule has 0 bridgehead atoms. The topological polar surface area (TPSA) is 35.2 Å². The summed E-state index contributed by atoms with van der Waals surface area (Å²) in [6.07, 6.45) is 0. The van der Waals surface area contributed by atoms with Crippen LogP contribution in [0.3, 0.4) is 0 Å². The van der Waals surface area contributed by atoms with Gasteiger partial charge in [-0.2, -0.15) is 0 Å². The zero-order valence-corrected chi connectivity index (χ0v) is 11.2. The van der Waals surface area contributed by atoms with Crippen molar-refractivity contribution in [2.24, 2.45) is 5.73 Å². The summed E-state index contributed by atoms with van der Waals surface area (Å²) in [6, 6.07) is 12.3. The summed E-state index contributed by atoms with van der Waals surface area (Å²) >= 11 is 0. The number of halogens is 1. The highest BCUT2D eigenvalue weighted by Gasteiger charge is 2.08. The molecule has 2 nitrogen and oxygen atoms in total. The van der Waals surface area contributed by atoms with Crippen LogP contribution >= 0.6 is 0 Å². The van der Waals surface area contributed by atoms with E-state index >= 15 is 0 Å². The average Bonchev–Trinajstić information content (AvgIpc) is 2.40. The van der Waals surface area contributed by atoms with Crippen molar-refractivity contribution < 1.29 is 9.13 Å². The summed E-state index contributed by atoms with van der Waals surface area (Å²) in [5.41, 5.74) is 8.14. The van der Waals surface area contributed by atoms with Crippen LogP contribution in [0, 0.1) is 5.82 Å². The van der Waals surface area contributed by atoms with Gasteiger partial charge in [0.05, 0.1) is 6.61 Å². The van der Waals surface area contributed by atoms with Crippen molar-refractivity contribution in [3.8, 4) is 16.9 Å². The second kappa shape index (κ2) is 5.85. The molecule has 2 aromatic rings. The van der Waals surface area contributed by atoms with E-state index in [1.807, 2.05) is 38.1 Å². The molecule has 2 N–H and O–H groups in total. The highest BCUT2D eigenvalue weighted by molar-refractivity contribution is 5.65. The molecule has 0 radical (unpaired) electrons. The Morgan fingerprint density at radius 3 is 2.42 bits per heavy atom. The van der Waals surface area contributed by atoms with Crippen molar-refractivity contribution in [1.29, 1.82) is 0 Å². The molecule has 0 aliphatic rings. The normalized spacial score (nSPS) is 12.2. The Balaban J connectivity index is 2.37. The van der Waals surface area contributed by atoms with Crippen LogP contribution in [0.15, 0.2) is 42.5 Å². The summed E-state index contributed by atoms with van der Waals surface area (Å²) in [4.78, 5) is 0. The van der Waals surface area contributed by atoms with Crippen LogP contribution in [0.25, 0.3) is 11.1 Å². The van der Waals surface area contributed by atoms with Gasteiger partial charge >= 0.3 is 0 Å². The summed E-state index contributed by atoms with van der Waals surface area (Å²) in [6.45, 7) is 4.43. The molecule has 19 heavy (non-hydrogen) atoms. The molecule has 0 saturated carbocycles. The number of hydrogen-bond donors (Lipinski definition) is 1. The molecule has 0 saturated heterocycles. The molecule has 100 valence electrons. The molecule has 3 heteroatoms. The van der Waals surface area contributed by atoms with Crippen molar-refractivity contribution in [3.05, 3.63) is 53.8 Å². The van der Waals surface area contributed by atoms with Crippen LogP contribution in [0.1, 0.15) is 25.5 Å². The SMILES string of the molecule is CCOc1ccc(-c2cc(C(C)N)ccc2F)cc1. The molecular weight excluding hydrogens is 241 g/mol. The lowest BCUT2D eigenvalue weighted by molar-refractivity contribution is 0.340. The number of hydrogen-bond acceptors (Lipinski definition) is 2. The lowest BCUT2D eigenvalue weighted by Gasteiger charge is -2.10. The van der Waals surface area contributed by atoms with Gasteiger partial charge < -0.3 is 10.5 Å². The van der Waals surface area contributed by atoms with Crippen LogP contribution < -0.4 is 10.5 Å². The fourth-order valence-electron chi connectivity index (χ4n) is 1.94. The van der Waals surface area contributed by atoms with E-state index in [1.165, 1.54) is 6.07 Å². The van der Waals surface area contributed by atoms with Crippen LogP contribution in [0.4, 0.5) is 4.39 Å². The quantitative estimate of drug-likeness (QED) is 0.903. The zero-order valence-electron chi connectivity index (χ0n) is 11.2.